The van der Waals surface area contributed by atoms with E-state index in [-0.39, 0.29) is 11.5 Å². The molecule has 1 aliphatic heterocycles. The highest BCUT2D eigenvalue weighted by Crippen LogP contribution is 2.31. The van der Waals surface area contributed by atoms with Gasteiger partial charge in [0.1, 0.15) is 0 Å². The molecule has 0 aromatic carbocycles. The average molecular weight is 311 g/mol. The summed E-state index contributed by atoms with van der Waals surface area (Å²) >= 11 is 4.88. The van der Waals surface area contributed by atoms with E-state index in [0.29, 0.717) is 12.8 Å². The van der Waals surface area contributed by atoms with Crippen LogP contribution in [0.3, 0.4) is 0 Å². The van der Waals surface area contributed by atoms with Crippen LogP contribution in [-0.4, -0.2) is 30.6 Å². The molecule has 1 unspecified atom stereocenters. The molecule has 0 spiro atoms. The first-order valence-corrected chi connectivity index (χ1v) is 7.99. The minimum Gasteiger partial charge on any atom is -0.388 e. The van der Waals surface area contributed by atoms with Crippen molar-refractivity contribution in [3.05, 3.63) is 20.8 Å². The zero-order valence-electron chi connectivity index (χ0n) is 7.94. The van der Waals surface area contributed by atoms with Gasteiger partial charge in [0, 0.05) is 11.3 Å². The second kappa shape index (κ2) is 3.84. The lowest BCUT2D eigenvalue weighted by molar-refractivity contribution is 0.0690. The summed E-state index contributed by atoms with van der Waals surface area (Å²) in [6, 6.07) is 3.82. The van der Waals surface area contributed by atoms with Gasteiger partial charge in [0.05, 0.1) is 20.9 Å². The van der Waals surface area contributed by atoms with Crippen LogP contribution in [0.5, 0.6) is 0 Å². The molecule has 1 N–H and O–H groups in total. The van der Waals surface area contributed by atoms with E-state index in [9.17, 15) is 13.5 Å². The van der Waals surface area contributed by atoms with Crippen LogP contribution in [0, 0.1) is 0 Å². The lowest BCUT2D eigenvalue weighted by Gasteiger charge is -2.19. The molecule has 0 bridgehead atoms. The topological polar surface area (TPSA) is 54.4 Å². The van der Waals surface area contributed by atoms with E-state index >= 15 is 0 Å². The van der Waals surface area contributed by atoms with Crippen LogP contribution in [0.4, 0.5) is 0 Å². The third-order valence-corrected chi connectivity index (χ3v) is 5.93. The molecule has 1 fully saturated rings. The van der Waals surface area contributed by atoms with Gasteiger partial charge in [-0.2, -0.15) is 0 Å². The summed E-state index contributed by atoms with van der Waals surface area (Å²) in [5.41, 5.74) is -1.05. The summed E-state index contributed by atoms with van der Waals surface area (Å²) in [6.07, 6.45) is 0.785. The number of sulfone groups is 1. The van der Waals surface area contributed by atoms with Crippen molar-refractivity contribution in [2.24, 2.45) is 0 Å². The van der Waals surface area contributed by atoms with Crippen LogP contribution < -0.4 is 0 Å². The maximum Gasteiger partial charge on any atom is 0.153 e. The van der Waals surface area contributed by atoms with Crippen molar-refractivity contribution in [1.29, 1.82) is 0 Å². The van der Waals surface area contributed by atoms with Gasteiger partial charge in [-0.05, 0) is 34.5 Å². The monoisotopic (exact) mass is 310 g/mol. The first-order valence-electron chi connectivity index (χ1n) is 4.56. The second-order valence-corrected chi connectivity index (χ2v) is 8.68. The van der Waals surface area contributed by atoms with Gasteiger partial charge in [-0.3, -0.25) is 0 Å². The van der Waals surface area contributed by atoms with Crippen LogP contribution in [-0.2, 0) is 16.3 Å². The molecule has 0 amide bonds. The molecule has 1 aromatic heterocycles. The molecule has 1 aliphatic rings. The standard InChI is InChI=1S/C9H11BrO3S2/c10-8-2-1-7(14-8)5-9(11)3-4-15(12,13)6-9/h1-2,11H,3-6H2. The Hall–Kier alpha value is 0.0900. The number of halogens is 1. The second-order valence-electron chi connectivity index (χ2n) is 3.95. The number of hydrogen-bond donors (Lipinski definition) is 1. The van der Waals surface area contributed by atoms with E-state index in [2.05, 4.69) is 15.9 Å². The van der Waals surface area contributed by atoms with Gasteiger partial charge in [0.2, 0.25) is 0 Å². The summed E-state index contributed by atoms with van der Waals surface area (Å²) in [6.45, 7) is 0. The predicted octanol–water partition coefficient (Wildman–Crippen LogP) is 1.60. The van der Waals surface area contributed by atoms with Crippen LogP contribution >= 0.6 is 27.3 Å². The zero-order chi connectivity index (χ0) is 11.1. The molecule has 2 rings (SSSR count). The van der Waals surface area contributed by atoms with Gasteiger partial charge in [0.25, 0.3) is 0 Å². The summed E-state index contributed by atoms with van der Waals surface area (Å²) in [5.74, 6) is 0.00552. The molecule has 1 aromatic rings. The van der Waals surface area contributed by atoms with Gasteiger partial charge in [-0.25, -0.2) is 8.42 Å². The Labute approximate surface area is 101 Å². The Kier molecular flexibility index (Phi) is 2.96. The quantitative estimate of drug-likeness (QED) is 0.903. The highest BCUT2D eigenvalue weighted by atomic mass is 79.9. The molecule has 1 atom stereocenters. The van der Waals surface area contributed by atoms with Crippen molar-refractivity contribution < 1.29 is 13.5 Å². The van der Waals surface area contributed by atoms with Crippen LogP contribution in [0.2, 0.25) is 0 Å². The van der Waals surface area contributed by atoms with Crippen molar-refractivity contribution in [2.75, 3.05) is 11.5 Å². The lowest BCUT2D eigenvalue weighted by atomic mass is 9.98. The molecule has 84 valence electrons. The van der Waals surface area contributed by atoms with Crippen molar-refractivity contribution >= 4 is 37.1 Å². The van der Waals surface area contributed by atoms with Crippen LogP contribution in [0.1, 0.15) is 11.3 Å². The van der Waals surface area contributed by atoms with E-state index in [0.717, 1.165) is 8.66 Å². The highest BCUT2D eigenvalue weighted by Gasteiger charge is 2.40. The average Bonchev–Trinajstić information content (AvgIpc) is 2.57. The maximum atomic E-state index is 11.3. The van der Waals surface area contributed by atoms with Crippen molar-refractivity contribution in [1.82, 2.24) is 0 Å². The molecule has 0 aliphatic carbocycles. The number of thiophene rings is 1. The predicted molar refractivity (Wildman–Crippen MR) is 63.9 cm³/mol. The Morgan fingerprint density at radius 3 is 2.73 bits per heavy atom. The van der Waals surface area contributed by atoms with Crippen molar-refractivity contribution in [3.8, 4) is 0 Å². The normalized spacial score (nSPS) is 29.5. The lowest BCUT2D eigenvalue weighted by Crippen LogP contribution is -2.32. The van der Waals surface area contributed by atoms with Gasteiger partial charge >= 0.3 is 0 Å². The smallest absolute Gasteiger partial charge is 0.153 e. The highest BCUT2D eigenvalue weighted by molar-refractivity contribution is 9.11. The van der Waals surface area contributed by atoms with Gasteiger partial charge in [0.15, 0.2) is 9.84 Å². The fraction of sp³-hybridized carbons (Fsp3) is 0.556. The molecular formula is C9H11BrO3S2. The minimum atomic E-state index is -3.02. The Morgan fingerprint density at radius 2 is 2.27 bits per heavy atom. The number of aliphatic hydroxyl groups is 1. The van der Waals surface area contributed by atoms with E-state index in [1.807, 2.05) is 12.1 Å². The first kappa shape index (κ1) is 11.6. The molecule has 15 heavy (non-hydrogen) atoms. The summed E-state index contributed by atoms with van der Waals surface area (Å²) < 4.78 is 23.6. The Balaban J connectivity index is 2.13. The van der Waals surface area contributed by atoms with Crippen molar-refractivity contribution in [2.45, 2.75) is 18.4 Å². The SMILES string of the molecule is O=S1(=O)CCC(O)(Cc2ccc(Br)s2)C1. The molecule has 0 saturated carbocycles. The fourth-order valence-corrected chi connectivity index (χ4v) is 5.33. The van der Waals surface area contributed by atoms with Crippen molar-refractivity contribution in [3.63, 3.8) is 0 Å². The molecule has 0 radical (unpaired) electrons. The van der Waals surface area contributed by atoms with E-state index < -0.39 is 15.4 Å². The molecule has 3 nitrogen and oxygen atoms in total. The van der Waals surface area contributed by atoms with Crippen LogP contribution in [0.15, 0.2) is 15.9 Å². The number of hydrogen-bond acceptors (Lipinski definition) is 4. The molecule has 1 saturated heterocycles. The van der Waals surface area contributed by atoms with E-state index in [1.165, 1.54) is 11.3 Å². The van der Waals surface area contributed by atoms with Gasteiger partial charge < -0.3 is 5.11 Å². The van der Waals surface area contributed by atoms with E-state index in [1.54, 1.807) is 0 Å². The summed E-state index contributed by atoms with van der Waals surface area (Å²) in [5, 5.41) is 10.1. The maximum absolute atomic E-state index is 11.3. The minimum absolute atomic E-state index is 0.102. The van der Waals surface area contributed by atoms with Gasteiger partial charge in [-0.1, -0.05) is 0 Å². The molecular weight excluding hydrogens is 300 g/mol. The van der Waals surface area contributed by atoms with Gasteiger partial charge in [-0.15, -0.1) is 11.3 Å². The van der Waals surface area contributed by atoms with Crippen LogP contribution in [0.25, 0.3) is 0 Å². The number of rotatable bonds is 2. The zero-order valence-corrected chi connectivity index (χ0v) is 11.2. The fourth-order valence-electron chi connectivity index (χ4n) is 1.81. The largest absolute Gasteiger partial charge is 0.388 e. The summed E-state index contributed by atoms with van der Waals surface area (Å²) in [4.78, 5) is 1.02. The third kappa shape index (κ3) is 2.81. The molecule has 6 heteroatoms. The summed E-state index contributed by atoms with van der Waals surface area (Å²) in [7, 11) is -3.02. The Bertz CT molecular complexity index is 465. The Morgan fingerprint density at radius 1 is 1.53 bits per heavy atom. The third-order valence-electron chi connectivity index (χ3n) is 2.50. The molecule has 2 heterocycles. The van der Waals surface area contributed by atoms with E-state index in [4.69, 9.17) is 0 Å². The first-order chi connectivity index (χ1) is 6.89.